The summed E-state index contributed by atoms with van der Waals surface area (Å²) in [4.78, 5) is 0. The number of benzene rings is 1. The predicted molar refractivity (Wildman–Crippen MR) is 74.1 cm³/mol. The Balaban J connectivity index is 1.92. The average molecular weight is 269 g/mol. The molecule has 2 heterocycles. The van der Waals surface area contributed by atoms with Crippen molar-refractivity contribution in [2.75, 3.05) is 18.3 Å². The van der Waals surface area contributed by atoms with E-state index in [1.165, 1.54) is 0 Å². The van der Waals surface area contributed by atoms with Gasteiger partial charge in [0.2, 0.25) is 0 Å². The molecule has 0 amide bonds. The van der Waals surface area contributed by atoms with Crippen LogP contribution in [0.5, 0.6) is 0 Å². The van der Waals surface area contributed by atoms with Crippen LogP contribution in [0.3, 0.4) is 0 Å². The molecule has 2 saturated heterocycles. The Hall–Kier alpha value is -0.710. The number of hydrogen-bond donors (Lipinski definition) is 3. The molecule has 0 aliphatic carbocycles. The summed E-state index contributed by atoms with van der Waals surface area (Å²) in [6.45, 7) is 5.50. The van der Waals surface area contributed by atoms with Gasteiger partial charge in [-0.25, -0.2) is 0 Å². The summed E-state index contributed by atoms with van der Waals surface area (Å²) >= 11 is 0. The second-order valence-electron chi connectivity index (χ2n) is 5.09. The third-order valence-electron chi connectivity index (χ3n) is 3.16. The number of anilines is 1. The molecule has 2 fully saturated rings. The van der Waals surface area contributed by atoms with E-state index >= 15 is 0 Å². The van der Waals surface area contributed by atoms with E-state index in [-0.39, 0.29) is 12.1 Å². The Bertz CT molecular complexity index is 422. The molecule has 5 nitrogen and oxygen atoms in total. The number of rotatable bonds is 2. The van der Waals surface area contributed by atoms with Crippen LogP contribution in [0.2, 0.25) is 0 Å². The predicted octanol–water partition coefficient (Wildman–Crippen LogP) is 2.24. The molecular weight excluding hydrogens is 249 g/mol. The van der Waals surface area contributed by atoms with E-state index in [2.05, 4.69) is 29.1 Å². The Labute approximate surface area is 107 Å². The Morgan fingerprint density at radius 1 is 1.06 bits per heavy atom. The van der Waals surface area contributed by atoms with Gasteiger partial charge < -0.3 is 0 Å². The summed E-state index contributed by atoms with van der Waals surface area (Å²) in [5.41, 5.74) is 0.998. The van der Waals surface area contributed by atoms with Crippen molar-refractivity contribution in [3.05, 3.63) is 30.3 Å². The van der Waals surface area contributed by atoms with E-state index in [0.29, 0.717) is 13.2 Å². The Morgan fingerprint density at radius 3 is 2.06 bits per heavy atom. The van der Waals surface area contributed by atoms with Crippen LogP contribution >= 0.6 is 7.51 Å². The Morgan fingerprint density at radius 2 is 1.61 bits per heavy atom. The molecule has 1 aromatic carbocycles. The first-order chi connectivity index (χ1) is 8.59. The summed E-state index contributed by atoms with van der Waals surface area (Å²) in [5, 5.41) is 10.4. The monoisotopic (exact) mass is 269 g/mol. The van der Waals surface area contributed by atoms with Crippen molar-refractivity contribution in [1.82, 2.24) is 10.2 Å². The number of nitrogens with one attached hydrogen (secondary N) is 3. The molecule has 0 radical (unpaired) electrons. The fourth-order valence-electron chi connectivity index (χ4n) is 2.48. The SMILES string of the molecule is CC1COP2(Nc3ccccc3)(N1)NC(C)CO2. The molecule has 0 aromatic heterocycles. The second-order valence-corrected chi connectivity index (χ2v) is 8.26. The van der Waals surface area contributed by atoms with Crippen LogP contribution in [0.25, 0.3) is 0 Å². The van der Waals surface area contributed by atoms with Gasteiger partial charge in [-0.1, -0.05) is 0 Å². The van der Waals surface area contributed by atoms with Crippen LogP contribution in [0.4, 0.5) is 5.69 Å². The van der Waals surface area contributed by atoms with Gasteiger partial charge in [-0.15, -0.1) is 0 Å². The van der Waals surface area contributed by atoms with Crippen molar-refractivity contribution in [2.45, 2.75) is 25.9 Å². The molecule has 1 aromatic rings. The first-order valence-corrected chi connectivity index (χ1v) is 8.39. The summed E-state index contributed by atoms with van der Waals surface area (Å²) < 4.78 is 12.1. The van der Waals surface area contributed by atoms with E-state index in [0.717, 1.165) is 5.69 Å². The van der Waals surface area contributed by atoms with Gasteiger partial charge in [-0.3, -0.25) is 0 Å². The zero-order chi connectivity index (χ0) is 12.7. The van der Waals surface area contributed by atoms with Crippen molar-refractivity contribution in [1.29, 1.82) is 0 Å². The van der Waals surface area contributed by atoms with Gasteiger partial charge in [0.15, 0.2) is 0 Å². The standard InChI is InChI=1S/C12H20N3O2P/c1-10-8-16-18(13-10,14-11(2)9-17-18)15-12-6-4-3-5-7-12/h3-7,10-11,13-15H,8-9H2,1-2H3. The first-order valence-electron chi connectivity index (χ1n) is 6.32. The molecule has 2 atom stereocenters. The van der Waals surface area contributed by atoms with Crippen LogP contribution in [0, 0.1) is 0 Å². The molecule has 6 heteroatoms. The van der Waals surface area contributed by atoms with E-state index in [1.54, 1.807) is 0 Å². The number of hydrogen-bond acceptors (Lipinski definition) is 5. The van der Waals surface area contributed by atoms with Gasteiger partial charge in [0.25, 0.3) is 0 Å². The fraction of sp³-hybridized carbons (Fsp3) is 0.500. The van der Waals surface area contributed by atoms with Crippen LogP contribution in [0.15, 0.2) is 30.3 Å². The average Bonchev–Trinajstić information content (AvgIpc) is 2.83. The molecule has 3 rings (SSSR count). The maximum absolute atomic E-state index is 6.05. The zero-order valence-electron chi connectivity index (χ0n) is 10.7. The van der Waals surface area contributed by atoms with Gasteiger partial charge in [0.1, 0.15) is 0 Å². The van der Waals surface area contributed by atoms with Crippen molar-refractivity contribution in [3.63, 3.8) is 0 Å². The second kappa shape index (κ2) is 4.15. The van der Waals surface area contributed by atoms with E-state index < -0.39 is 7.51 Å². The van der Waals surface area contributed by atoms with Gasteiger partial charge in [0, 0.05) is 0 Å². The van der Waals surface area contributed by atoms with Crippen LogP contribution < -0.4 is 15.3 Å². The summed E-state index contributed by atoms with van der Waals surface area (Å²) in [7, 11) is -3.12. The molecular formula is C12H20N3O2P. The summed E-state index contributed by atoms with van der Waals surface area (Å²) in [6, 6.07) is 10.6. The molecule has 3 N–H and O–H groups in total. The molecule has 2 unspecified atom stereocenters. The van der Waals surface area contributed by atoms with Crippen molar-refractivity contribution >= 4 is 13.2 Å². The van der Waals surface area contributed by atoms with Gasteiger partial charge in [-0.2, -0.15) is 0 Å². The first kappa shape index (κ1) is 12.3. The van der Waals surface area contributed by atoms with E-state index in [1.807, 2.05) is 30.3 Å². The molecule has 100 valence electrons. The van der Waals surface area contributed by atoms with Gasteiger partial charge in [-0.05, 0) is 0 Å². The third kappa shape index (κ3) is 2.02. The van der Waals surface area contributed by atoms with Crippen LogP contribution in [-0.2, 0) is 9.05 Å². The van der Waals surface area contributed by atoms with Crippen molar-refractivity contribution in [3.8, 4) is 0 Å². The van der Waals surface area contributed by atoms with E-state index in [9.17, 15) is 0 Å². The topological polar surface area (TPSA) is 54.5 Å². The minimum atomic E-state index is -3.12. The maximum atomic E-state index is 6.05. The normalized spacial score (nSPS) is 35.1. The van der Waals surface area contributed by atoms with Crippen molar-refractivity contribution < 1.29 is 9.05 Å². The number of para-hydroxylation sites is 1. The van der Waals surface area contributed by atoms with Gasteiger partial charge >= 0.3 is 107 Å². The quantitative estimate of drug-likeness (QED) is 0.719. The van der Waals surface area contributed by atoms with Gasteiger partial charge in [0.05, 0.1) is 0 Å². The van der Waals surface area contributed by atoms with Crippen LogP contribution in [0.1, 0.15) is 13.8 Å². The van der Waals surface area contributed by atoms with E-state index in [4.69, 9.17) is 9.05 Å². The minimum absolute atomic E-state index is 0.275. The molecule has 2 aliphatic rings. The molecule has 0 saturated carbocycles. The third-order valence-corrected chi connectivity index (χ3v) is 6.93. The molecule has 1 spiro atoms. The summed E-state index contributed by atoms with van der Waals surface area (Å²) in [6.07, 6.45) is 0. The molecule has 0 bridgehead atoms. The van der Waals surface area contributed by atoms with Crippen molar-refractivity contribution in [2.24, 2.45) is 0 Å². The zero-order valence-corrected chi connectivity index (χ0v) is 11.6. The Kier molecular flexibility index (Phi) is 2.84. The molecule has 18 heavy (non-hydrogen) atoms. The summed E-state index contributed by atoms with van der Waals surface area (Å²) in [5.74, 6) is 0. The molecule has 2 aliphatic heterocycles. The fourth-order valence-corrected chi connectivity index (χ4v) is 6.57. The van der Waals surface area contributed by atoms with Crippen LogP contribution in [-0.4, -0.2) is 25.3 Å².